The van der Waals surface area contributed by atoms with Gasteiger partial charge in [-0.3, -0.25) is 14.6 Å². The van der Waals surface area contributed by atoms with Crippen molar-refractivity contribution in [3.63, 3.8) is 0 Å². The summed E-state index contributed by atoms with van der Waals surface area (Å²) in [7, 11) is 1.64. The number of fused-ring (bicyclic) bond motifs is 1. The third-order valence-electron chi connectivity index (χ3n) is 8.34. The molecule has 2 fully saturated rings. The molecule has 8 heteroatoms. The van der Waals surface area contributed by atoms with Gasteiger partial charge in [-0.05, 0) is 80.3 Å². The topological polar surface area (TPSA) is 97.3 Å². The molecular weight excluding hydrogens is 468 g/mol. The molecule has 37 heavy (non-hydrogen) atoms. The van der Waals surface area contributed by atoms with Crippen LogP contribution in [0.1, 0.15) is 54.4 Å². The summed E-state index contributed by atoms with van der Waals surface area (Å²) in [5, 5.41) is 27.2. The Morgan fingerprint density at radius 3 is 2.57 bits per heavy atom. The van der Waals surface area contributed by atoms with Gasteiger partial charge in [0, 0.05) is 55.6 Å². The van der Waals surface area contributed by atoms with Crippen LogP contribution in [0.2, 0.25) is 0 Å². The van der Waals surface area contributed by atoms with E-state index in [1.165, 1.54) is 16.7 Å². The van der Waals surface area contributed by atoms with E-state index in [9.17, 15) is 15.0 Å². The number of aliphatic hydroxyl groups excluding tert-OH is 2. The maximum atomic E-state index is 12.9. The molecule has 2 heterocycles. The van der Waals surface area contributed by atoms with E-state index in [1.807, 2.05) is 25.1 Å². The molecule has 1 aliphatic carbocycles. The van der Waals surface area contributed by atoms with Crippen LogP contribution in [0.3, 0.4) is 0 Å². The Balaban J connectivity index is 1.18. The first-order chi connectivity index (χ1) is 17.8. The number of amides is 1. The number of methoxy groups -OCH3 is 1. The fraction of sp³-hybridized carbons (Fsp3) is 0.552. The molecule has 1 saturated carbocycles. The predicted molar refractivity (Wildman–Crippen MR) is 144 cm³/mol. The number of benzene rings is 2. The highest BCUT2D eigenvalue weighted by atomic mass is 16.5. The Morgan fingerprint density at radius 2 is 1.86 bits per heavy atom. The molecule has 0 spiro atoms. The van der Waals surface area contributed by atoms with Gasteiger partial charge in [-0.2, -0.15) is 0 Å². The number of aliphatic hydroxyl groups is 2. The van der Waals surface area contributed by atoms with Gasteiger partial charge in [0.05, 0.1) is 13.2 Å². The highest BCUT2D eigenvalue weighted by molar-refractivity contribution is 5.92. The average Bonchev–Trinajstić information content (AvgIpc) is 3.29. The lowest BCUT2D eigenvalue weighted by Gasteiger charge is -2.43. The van der Waals surface area contributed by atoms with E-state index < -0.39 is 6.35 Å². The predicted octanol–water partition coefficient (Wildman–Crippen LogP) is 3.58. The zero-order chi connectivity index (χ0) is 26.1. The summed E-state index contributed by atoms with van der Waals surface area (Å²) in [6.07, 6.45) is 3.21. The van der Waals surface area contributed by atoms with Gasteiger partial charge >= 0.3 is 0 Å². The smallest absolute Gasteiger partial charge is 0.227 e. The third-order valence-corrected chi connectivity index (χ3v) is 8.34. The molecule has 0 radical (unpaired) electrons. The maximum absolute atomic E-state index is 12.9. The number of aryl methyl sites for hydroxylation is 2. The first-order valence-electron chi connectivity index (χ1n) is 13.5. The Bertz CT molecular complexity index is 1130. The molecule has 0 aromatic heterocycles. The van der Waals surface area contributed by atoms with Crippen LogP contribution in [0, 0.1) is 19.8 Å². The van der Waals surface area contributed by atoms with Crippen LogP contribution in [0.15, 0.2) is 30.3 Å². The summed E-state index contributed by atoms with van der Waals surface area (Å²) >= 11 is 0. The molecule has 1 saturated heterocycles. The summed E-state index contributed by atoms with van der Waals surface area (Å²) in [5.74, 6) is 0.797. The van der Waals surface area contributed by atoms with Gasteiger partial charge in [0.1, 0.15) is 5.75 Å². The minimum Gasteiger partial charge on any atom is -0.496 e. The lowest BCUT2D eigenvalue weighted by molar-refractivity contribution is -0.121. The molecule has 2 atom stereocenters. The molecule has 5 rings (SSSR count). The minimum absolute atomic E-state index is 0.0286. The van der Waals surface area contributed by atoms with Crippen LogP contribution in [0.25, 0.3) is 0 Å². The van der Waals surface area contributed by atoms with E-state index in [0.717, 1.165) is 74.4 Å². The Morgan fingerprint density at radius 1 is 1.08 bits per heavy atom. The molecular formula is C29H40N4O4. The van der Waals surface area contributed by atoms with Crippen molar-refractivity contribution in [1.82, 2.24) is 9.80 Å². The van der Waals surface area contributed by atoms with Crippen molar-refractivity contribution < 1.29 is 19.7 Å². The number of anilines is 2. The van der Waals surface area contributed by atoms with E-state index in [2.05, 4.69) is 39.5 Å². The normalized spacial score (nSPS) is 26.4. The summed E-state index contributed by atoms with van der Waals surface area (Å²) in [4.78, 5) is 17.4. The van der Waals surface area contributed by atoms with Crippen LogP contribution in [-0.4, -0.2) is 64.6 Å². The number of hydrogen-bond donors (Lipinski definition) is 4. The zero-order valence-corrected chi connectivity index (χ0v) is 22.2. The van der Waals surface area contributed by atoms with E-state index in [-0.39, 0.29) is 24.0 Å². The van der Waals surface area contributed by atoms with Gasteiger partial charge in [0.2, 0.25) is 5.91 Å². The van der Waals surface area contributed by atoms with Gasteiger partial charge in [-0.15, -0.1) is 0 Å². The second-order valence-corrected chi connectivity index (χ2v) is 11.0. The van der Waals surface area contributed by atoms with Crippen LogP contribution in [0.5, 0.6) is 5.75 Å². The van der Waals surface area contributed by atoms with Gasteiger partial charge in [0.25, 0.3) is 0 Å². The molecule has 2 aromatic rings. The second kappa shape index (κ2) is 11.0. The Labute approximate surface area is 219 Å². The van der Waals surface area contributed by atoms with Crippen LogP contribution >= 0.6 is 0 Å². The third kappa shape index (κ3) is 5.77. The molecule has 1 unspecified atom stereocenters. The SMILES string of the molecule is COc1cc(NC(=O)C2CCC(N3Cc4c(C)cc(CN5CC[C@@H](O)C5)cc4NC3O)CC2)ccc1C. The number of carbonyl (C=O) groups excluding carboxylic acids is 1. The van der Waals surface area contributed by atoms with Crippen molar-refractivity contribution in [2.24, 2.45) is 5.92 Å². The van der Waals surface area contributed by atoms with E-state index in [4.69, 9.17) is 4.74 Å². The van der Waals surface area contributed by atoms with Crippen molar-refractivity contribution in [2.75, 3.05) is 30.8 Å². The highest BCUT2D eigenvalue weighted by Gasteiger charge is 2.35. The van der Waals surface area contributed by atoms with Crippen molar-refractivity contribution in [2.45, 2.75) is 77.5 Å². The van der Waals surface area contributed by atoms with Crippen molar-refractivity contribution >= 4 is 17.3 Å². The first kappa shape index (κ1) is 26.0. The number of carbonyl (C=O) groups is 1. The molecule has 2 aromatic carbocycles. The first-order valence-corrected chi connectivity index (χ1v) is 13.5. The van der Waals surface area contributed by atoms with Crippen molar-refractivity contribution in [3.8, 4) is 5.75 Å². The van der Waals surface area contributed by atoms with Crippen LogP contribution < -0.4 is 15.4 Å². The highest BCUT2D eigenvalue weighted by Crippen LogP contribution is 2.36. The van der Waals surface area contributed by atoms with Gasteiger partial charge in [0.15, 0.2) is 6.35 Å². The fourth-order valence-electron chi connectivity index (χ4n) is 6.17. The monoisotopic (exact) mass is 508 g/mol. The standard InChI is InChI=1S/C29H40N4O4/c1-18-4-7-22(14-27(18)37-3)30-28(35)21-5-8-23(9-6-21)33-17-25-19(2)12-20(13-26(25)31-29(33)36)15-32-11-10-24(34)16-32/h4,7,12-14,21,23-24,29,31,34,36H,5-6,8-11,15-17H2,1-3H3,(H,30,35)/t21?,23?,24-,29?/m1/s1. The summed E-state index contributed by atoms with van der Waals surface area (Å²) in [6, 6.07) is 10.3. The molecule has 2 aliphatic heterocycles. The molecule has 3 aliphatic rings. The molecule has 200 valence electrons. The number of nitrogens with one attached hydrogen (secondary N) is 2. The van der Waals surface area contributed by atoms with Crippen LogP contribution in [-0.2, 0) is 17.9 Å². The van der Waals surface area contributed by atoms with Gasteiger partial charge < -0.3 is 25.6 Å². The Kier molecular flexibility index (Phi) is 7.72. The molecule has 8 nitrogen and oxygen atoms in total. The van der Waals surface area contributed by atoms with Gasteiger partial charge in [-0.25, -0.2) is 0 Å². The largest absolute Gasteiger partial charge is 0.496 e. The van der Waals surface area contributed by atoms with E-state index in [0.29, 0.717) is 6.54 Å². The molecule has 4 N–H and O–H groups in total. The number of ether oxygens (including phenoxy) is 1. The van der Waals surface area contributed by atoms with Gasteiger partial charge in [-0.1, -0.05) is 12.1 Å². The Hall–Kier alpha value is -2.65. The number of nitrogens with zero attached hydrogens (tertiary/aromatic N) is 2. The van der Waals surface area contributed by atoms with Crippen LogP contribution in [0.4, 0.5) is 11.4 Å². The summed E-state index contributed by atoms with van der Waals surface area (Å²) in [5.41, 5.74) is 6.45. The molecule has 1 amide bonds. The molecule has 0 bridgehead atoms. The fourth-order valence-corrected chi connectivity index (χ4v) is 6.17. The lowest BCUT2D eigenvalue weighted by Crippen LogP contribution is -2.51. The number of rotatable bonds is 6. The lowest BCUT2D eigenvalue weighted by atomic mass is 9.84. The van der Waals surface area contributed by atoms with E-state index >= 15 is 0 Å². The maximum Gasteiger partial charge on any atom is 0.227 e. The second-order valence-electron chi connectivity index (χ2n) is 11.0. The number of likely N-dealkylation sites (tertiary alicyclic amines) is 1. The van der Waals surface area contributed by atoms with Crippen molar-refractivity contribution in [1.29, 1.82) is 0 Å². The number of β-amino-alcohol motifs (C(OH)–C–C–N with tert-alkyl or cyclic N) is 1. The quantitative estimate of drug-likeness (QED) is 0.474. The van der Waals surface area contributed by atoms with E-state index in [1.54, 1.807) is 7.11 Å². The minimum atomic E-state index is -0.744. The van der Waals surface area contributed by atoms with Crippen molar-refractivity contribution in [3.05, 3.63) is 52.6 Å². The number of hydrogen-bond acceptors (Lipinski definition) is 7. The average molecular weight is 509 g/mol. The zero-order valence-electron chi connectivity index (χ0n) is 22.2. The summed E-state index contributed by atoms with van der Waals surface area (Å²) in [6.45, 7) is 7.27. The summed E-state index contributed by atoms with van der Waals surface area (Å²) < 4.78 is 5.38.